The van der Waals surface area contributed by atoms with Gasteiger partial charge in [-0.2, -0.15) is 0 Å². The van der Waals surface area contributed by atoms with Crippen LogP contribution in [0.15, 0.2) is 64.8 Å². The van der Waals surface area contributed by atoms with Gasteiger partial charge >= 0.3 is 0 Å². The molecule has 180 valence electrons. The van der Waals surface area contributed by atoms with Gasteiger partial charge in [-0.25, -0.2) is 13.8 Å². The van der Waals surface area contributed by atoms with E-state index in [1.54, 1.807) is 28.8 Å². The van der Waals surface area contributed by atoms with E-state index in [0.29, 0.717) is 35.8 Å². The number of halogens is 2. The predicted octanol–water partition coefficient (Wildman–Crippen LogP) is 4.32. The van der Waals surface area contributed by atoms with Crippen molar-refractivity contribution in [3.8, 4) is 0 Å². The molecule has 0 saturated carbocycles. The lowest BCUT2D eigenvalue weighted by atomic mass is 9.97. The number of aromatic nitrogens is 2. The largest absolute Gasteiger partial charge is 0.352 e. The van der Waals surface area contributed by atoms with Crippen molar-refractivity contribution in [1.82, 2.24) is 14.9 Å². The number of piperidine rings is 1. The number of anilines is 1. The van der Waals surface area contributed by atoms with Crippen molar-refractivity contribution in [2.45, 2.75) is 25.9 Å². The Bertz CT molecular complexity index is 1400. The van der Waals surface area contributed by atoms with Crippen molar-refractivity contribution in [3.05, 3.63) is 93.1 Å². The summed E-state index contributed by atoms with van der Waals surface area (Å²) in [4.78, 5) is 33.1. The molecule has 1 N–H and O–H groups in total. The number of nitrogens with zero attached hydrogens (tertiary/aromatic N) is 3. The SMILES string of the molecule is O=C(NCc1ccc(F)cc1)[C@H]1CCCN(c2nc3ccsc3c(=O)n2Cc2ccc(F)cc2)C1. The number of carbonyl (C=O) groups excluding carboxylic acids is 1. The molecular weight excluding hydrogens is 470 g/mol. The minimum Gasteiger partial charge on any atom is -0.352 e. The summed E-state index contributed by atoms with van der Waals surface area (Å²) in [5.41, 5.74) is 2.10. The van der Waals surface area contributed by atoms with E-state index in [2.05, 4.69) is 5.32 Å². The van der Waals surface area contributed by atoms with Crippen LogP contribution in [0, 0.1) is 17.6 Å². The summed E-state index contributed by atoms with van der Waals surface area (Å²) < 4.78 is 28.7. The number of thiophene rings is 1. The Morgan fingerprint density at radius 3 is 2.43 bits per heavy atom. The molecule has 1 atom stereocenters. The van der Waals surface area contributed by atoms with E-state index in [1.807, 2.05) is 16.3 Å². The van der Waals surface area contributed by atoms with Gasteiger partial charge in [-0.1, -0.05) is 24.3 Å². The summed E-state index contributed by atoms with van der Waals surface area (Å²) in [6.07, 6.45) is 1.51. The van der Waals surface area contributed by atoms with Crippen LogP contribution in [0.25, 0.3) is 10.2 Å². The minimum absolute atomic E-state index is 0.0805. The Morgan fingerprint density at radius 2 is 1.71 bits per heavy atom. The van der Waals surface area contributed by atoms with Crippen LogP contribution in [0.2, 0.25) is 0 Å². The summed E-state index contributed by atoms with van der Waals surface area (Å²) in [5.74, 6) is -0.480. The van der Waals surface area contributed by atoms with Crippen LogP contribution in [-0.4, -0.2) is 28.5 Å². The average molecular weight is 495 g/mol. The van der Waals surface area contributed by atoms with Crippen molar-refractivity contribution in [1.29, 1.82) is 0 Å². The molecule has 4 aromatic rings. The number of amides is 1. The van der Waals surface area contributed by atoms with Crippen molar-refractivity contribution in [2.24, 2.45) is 5.92 Å². The second-order valence-electron chi connectivity index (χ2n) is 8.69. The molecule has 1 fully saturated rings. The first-order valence-electron chi connectivity index (χ1n) is 11.5. The summed E-state index contributed by atoms with van der Waals surface area (Å²) in [6, 6.07) is 13.9. The third kappa shape index (κ3) is 5.09. The summed E-state index contributed by atoms with van der Waals surface area (Å²) in [6.45, 7) is 1.69. The Balaban J connectivity index is 1.38. The van der Waals surface area contributed by atoms with E-state index in [0.717, 1.165) is 24.0 Å². The lowest BCUT2D eigenvalue weighted by Crippen LogP contribution is -2.45. The van der Waals surface area contributed by atoms with Gasteiger partial charge in [0.15, 0.2) is 0 Å². The average Bonchev–Trinajstić information content (AvgIpc) is 3.35. The fraction of sp³-hybridized carbons (Fsp3) is 0.269. The highest BCUT2D eigenvalue weighted by Gasteiger charge is 2.28. The number of hydrogen-bond acceptors (Lipinski definition) is 5. The van der Waals surface area contributed by atoms with Gasteiger partial charge in [-0.3, -0.25) is 14.2 Å². The van der Waals surface area contributed by atoms with Gasteiger partial charge in [0.25, 0.3) is 5.56 Å². The van der Waals surface area contributed by atoms with Gasteiger partial charge in [0.1, 0.15) is 16.3 Å². The Hall–Kier alpha value is -3.59. The van der Waals surface area contributed by atoms with Crippen LogP contribution in [0.3, 0.4) is 0 Å². The number of rotatable bonds is 6. The summed E-state index contributed by atoms with van der Waals surface area (Å²) in [5, 5.41) is 4.79. The van der Waals surface area contributed by atoms with Crippen LogP contribution >= 0.6 is 11.3 Å². The first-order chi connectivity index (χ1) is 17.0. The molecule has 0 unspecified atom stereocenters. The van der Waals surface area contributed by atoms with E-state index in [-0.39, 0.29) is 35.6 Å². The summed E-state index contributed by atoms with van der Waals surface area (Å²) in [7, 11) is 0. The first-order valence-corrected chi connectivity index (χ1v) is 12.4. The molecule has 1 amide bonds. The Labute approximate surface area is 204 Å². The van der Waals surface area contributed by atoms with Gasteiger partial charge in [0, 0.05) is 19.6 Å². The van der Waals surface area contributed by atoms with Crippen LogP contribution < -0.4 is 15.8 Å². The van der Waals surface area contributed by atoms with Crippen molar-refractivity contribution in [2.75, 3.05) is 18.0 Å². The van der Waals surface area contributed by atoms with Crippen molar-refractivity contribution < 1.29 is 13.6 Å². The third-order valence-corrected chi connectivity index (χ3v) is 7.15. The monoisotopic (exact) mass is 494 g/mol. The molecule has 0 aliphatic carbocycles. The lowest BCUT2D eigenvalue weighted by Gasteiger charge is -2.34. The van der Waals surface area contributed by atoms with Crippen LogP contribution in [0.5, 0.6) is 0 Å². The van der Waals surface area contributed by atoms with E-state index < -0.39 is 0 Å². The fourth-order valence-corrected chi connectivity index (χ4v) is 5.18. The molecule has 1 aliphatic rings. The fourth-order valence-electron chi connectivity index (χ4n) is 4.40. The number of benzene rings is 2. The smallest absolute Gasteiger partial charge is 0.273 e. The molecule has 9 heteroatoms. The Kier molecular flexibility index (Phi) is 6.59. The molecule has 35 heavy (non-hydrogen) atoms. The maximum atomic E-state index is 13.4. The predicted molar refractivity (Wildman–Crippen MR) is 133 cm³/mol. The molecule has 0 spiro atoms. The standard InChI is InChI=1S/C26H24F2N4O2S/c27-20-7-3-17(4-8-20)14-29-24(33)19-2-1-12-31(16-19)26-30-22-11-13-35-23(22)25(34)32(26)15-18-5-9-21(28)10-6-18/h3-11,13,19H,1-2,12,14-16H2,(H,29,33)/t19-/m0/s1. The number of nitrogens with one attached hydrogen (secondary N) is 1. The zero-order chi connectivity index (χ0) is 24.4. The molecule has 2 aromatic carbocycles. The summed E-state index contributed by atoms with van der Waals surface area (Å²) >= 11 is 1.35. The first kappa shape index (κ1) is 23.2. The third-order valence-electron chi connectivity index (χ3n) is 6.25. The molecule has 6 nitrogen and oxygen atoms in total. The van der Waals surface area contributed by atoms with Crippen molar-refractivity contribution in [3.63, 3.8) is 0 Å². The number of carbonyl (C=O) groups is 1. The molecule has 3 heterocycles. The van der Waals surface area contributed by atoms with E-state index >= 15 is 0 Å². The van der Waals surface area contributed by atoms with Gasteiger partial charge in [0.05, 0.1) is 18.0 Å². The second-order valence-corrected chi connectivity index (χ2v) is 9.61. The second kappa shape index (κ2) is 9.95. The highest BCUT2D eigenvalue weighted by Crippen LogP contribution is 2.25. The maximum Gasteiger partial charge on any atom is 0.273 e. The molecule has 0 radical (unpaired) electrons. The molecule has 1 aliphatic heterocycles. The van der Waals surface area contributed by atoms with Crippen LogP contribution in [0.4, 0.5) is 14.7 Å². The zero-order valence-corrected chi connectivity index (χ0v) is 19.7. The quantitative estimate of drug-likeness (QED) is 0.434. The highest BCUT2D eigenvalue weighted by molar-refractivity contribution is 7.17. The molecule has 1 saturated heterocycles. The molecule has 2 aromatic heterocycles. The van der Waals surface area contributed by atoms with Gasteiger partial charge < -0.3 is 10.2 Å². The minimum atomic E-state index is -0.335. The maximum absolute atomic E-state index is 13.4. The molecule has 0 bridgehead atoms. The van der Waals surface area contributed by atoms with E-state index in [9.17, 15) is 18.4 Å². The normalized spacial score (nSPS) is 15.9. The van der Waals surface area contributed by atoms with Crippen LogP contribution in [0.1, 0.15) is 24.0 Å². The van der Waals surface area contributed by atoms with Gasteiger partial charge in [-0.05, 0) is 59.7 Å². The van der Waals surface area contributed by atoms with Crippen LogP contribution in [-0.2, 0) is 17.9 Å². The Morgan fingerprint density at radius 1 is 1.03 bits per heavy atom. The lowest BCUT2D eigenvalue weighted by molar-refractivity contribution is -0.125. The molecular formula is C26H24F2N4O2S. The van der Waals surface area contributed by atoms with Gasteiger partial charge in [0.2, 0.25) is 11.9 Å². The zero-order valence-electron chi connectivity index (χ0n) is 18.9. The van der Waals surface area contributed by atoms with Crippen molar-refractivity contribution >= 4 is 33.4 Å². The van der Waals surface area contributed by atoms with E-state index in [1.165, 1.54) is 35.6 Å². The molecule has 5 rings (SSSR count). The van der Waals surface area contributed by atoms with E-state index in [4.69, 9.17) is 4.98 Å². The highest BCUT2D eigenvalue weighted by atomic mass is 32.1. The number of fused-ring (bicyclic) bond motifs is 1. The topological polar surface area (TPSA) is 67.2 Å². The van der Waals surface area contributed by atoms with Gasteiger partial charge in [-0.15, -0.1) is 11.3 Å². The number of hydrogen-bond donors (Lipinski definition) is 1.